The van der Waals surface area contributed by atoms with E-state index < -0.39 is 0 Å². The van der Waals surface area contributed by atoms with E-state index in [4.69, 9.17) is 16.0 Å². The number of guanidine groups is 1. The Morgan fingerprint density at radius 3 is 2.92 bits per heavy atom. The first-order valence-corrected chi connectivity index (χ1v) is 8.19. The largest absolute Gasteiger partial charge is 0.412 e. The van der Waals surface area contributed by atoms with Crippen LogP contribution in [0.5, 0.6) is 0 Å². The highest BCUT2D eigenvalue weighted by molar-refractivity contribution is 6.31. The predicted octanol–water partition coefficient (Wildman–Crippen LogP) is -0.0670. The van der Waals surface area contributed by atoms with E-state index in [9.17, 15) is 0 Å². The molecule has 0 radical (unpaired) electrons. The highest BCUT2D eigenvalue weighted by atomic mass is 35.5. The molecule has 1 unspecified atom stereocenters. The standard InChI is InChI=1S/C17H16ClN5O/c18-13-6-7-14-15(8-13)24-17(21-14)22-16-19-10-23(11-20-16)9-12-4-2-1-3-5-12/h1-8H,9-11H2,(H2,19,20,21,22)/p+2. The molecular formula is C17H18ClN5O+2. The molecule has 0 fully saturated rings. The third-order valence-electron chi connectivity index (χ3n) is 3.91. The maximum absolute atomic E-state index is 5.96. The molecule has 7 heteroatoms. The van der Waals surface area contributed by atoms with Crippen LogP contribution in [-0.4, -0.2) is 24.3 Å². The molecule has 0 aliphatic carbocycles. The van der Waals surface area contributed by atoms with Crippen molar-refractivity contribution >= 4 is 34.7 Å². The summed E-state index contributed by atoms with van der Waals surface area (Å²) in [5.41, 5.74) is 2.76. The van der Waals surface area contributed by atoms with Crippen LogP contribution in [0, 0.1) is 0 Å². The lowest BCUT2D eigenvalue weighted by Crippen LogP contribution is -3.23. The van der Waals surface area contributed by atoms with Crippen LogP contribution in [0.2, 0.25) is 5.02 Å². The zero-order valence-electron chi connectivity index (χ0n) is 13.0. The average molecular weight is 344 g/mol. The SMILES string of the molecule is Clc1ccc2nc(NC3=[NH+]C[NH+](Cc4ccccc4)CN3)oc2c1. The fourth-order valence-corrected chi connectivity index (χ4v) is 2.87. The minimum atomic E-state index is 0.439. The average Bonchev–Trinajstić information content (AvgIpc) is 2.99. The van der Waals surface area contributed by atoms with E-state index in [-0.39, 0.29) is 0 Å². The van der Waals surface area contributed by atoms with Crippen LogP contribution in [0.25, 0.3) is 11.1 Å². The van der Waals surface area contributed by atoms with Gasteiger partial charge in [0.05, 0.1) is 0 Å². The third-order valence-corrected chi connectivity index (χ3v) is 4.14. The van der Waals surface area contributed by atoms with Gasteiger partial charge >= 0.3 is 12.0 Å². The van der Waals surface area contributed by atoms with E-state index >= 15 is 0 Å². The summed E-state index contributed by atoms with van der Waals surface area (Å²) >= 11 is 5.96. The predicted molar refractivity (Wildman–Crippen MR) is 92.6 cm³/mol. The van der Waals surface area contributed by atoms with Crippen molar-refractivity contribution in [1.29, 1.82) is 0 Å². The molecule has 0 spiro atoms. The van der Waals surface area contributed by atoms with Crippen molar-refractivity contribution in [2.75, 3.05) is 18.7 Å². The maximum Gasteiger partial charge on any atom is 0.365 e. The fourth-order valence-electron chi connectivity index (χ4n) is 2.71. The Kier molecular flexibility index (Phi) is 4.06. The Bertz CT molecular complexity index is 877. The van der Waals surface area contributed by atoms with Crippen LogP contribution in [0.4, 0.5) is 6.01 Å². The first-order chi connectivity index (χ1) is 11.8. The summed E-state index contributed by atoms with van der Waals surface area (Å²) < 4.78 is 5.66. The van der Waals surface area contributed by atoms with Gasteiger partial charge in [-0.15, -0.1) is 0 Å². The van der Waals surface area contributed by atoms with E-state index in [1.54, 1.807) is 12.1 Å². The number of benzene rings is 2. The van der Waals surface area contributed by atoms with Gasteiger partial charge in [-0.25, -0.2) is 10.3 Å². The molecule has 0 saturated heterocycles. The number of nitrogens with zero attached hydrogens (tertiary/aromatic N) is 1. The Morgan fingerprint density at radius 1 is 1.25 bits per heavy atom. The monoisotopic (exact) mass is 343 g/mol. The van der Waals surface area contributed by atoms with E-state index in [0.29, 0.717) is 16.6 Å². The smallest absolute Gasteiger partial charge is 0.365 e. The van der Waals surface area contributed by atoms with Crippen molar-refractivity contribution in [3.8, 4) is 0 Å². The summed E-state index contributed by atoms with van der Waals surface area (Å²) in [4.78, 5) is 9.11. The summed E-state index contributed by atoms with van der Waals surface area (Å²) in [6.07, 6.45) is 0. The molecule has 2 aromatic carbocycles. The van der Waals surface area contributed by atoms with Crippen LogP contribution >= 0.6 is 11.6 Å². The van der Waals surface area contributed by atoms with Crippen LogP contribution in [0.15, 0.2) is 52.9 Å². The number of aromatic nitrogens is 1. The van der Waals surface area contributed by atoms with Gasteiger partial charge in [0.2, 0.25) is 0 Å². The molecule has 3 aromatic rings. The van der Waals surface area contributed by atoms with Gasteiger partial charge in [-0.05, 0) is 12.1 Å². The topological polar surface area (TPSA) is 68.5 Å². The van der Waals surface area contributed by atoms with Crippen molar-refractivity contribution in [1.82, 2.24) is 10.3 Å². The molecule has 0 amide bonds. The zero-order valence-corrected chi connectivity index (χ0v) is 13.7. The number of quaternary nitrogens is 1. The number of rotatable bonds is 3. The van der Waals surface area contributed by atoms with Crippen LogP contribution in [-0.2, 0) is 6.54 Å². The van der Waals surface area contributed by atoms with Gasteiger partial charge in [-0.1, -0.05) is 41.9 Å². The molecule has 1 atom stereocenters. The molecule has 1 aliphatic heterocycles. The maximum atomic E-state index is 5.96. The second-order valence-corrected chi connectivity index (χ2v) is 6.19. The molecule has 122 valence electrons. The molecule has 0 bridgehead atoms. The second-order valence-electron chi connectivity index (χ2n) is 5.75. The van der Waals surface area contributed by atoms with E-state index in [1.807, 2.05) is 12.1 Å². The lowest BCUT2D eigenvalue weighted by Gasteiger charge is -2.20. The molecule has 24 heavy (non-hydrogen) atoms. The molecule has 1 aromatic heterocycles. The van der Waals surface area contributed by atoms with Gasteiger partial charge in [0.15, 0.2) is 18.9 Å². The summed E-state index contributed by atoms with van der Waals surface area (Å²) in [7, 11) is 0. The molecule has 4 N–H and O–H groups in total. The number of oxazole rings is 1. The van der Waals surface area contributed by atoms with Gasteiger partial charge in [0.1, 0.15) is 12.1 Å². The van der Waals surface area contributed by atoms with Crippen molar-refractivity contribution in [2.45, 2.75) is 6.54 Å². The lowest BCUT2D eigenvalue weighted by atomic mass is 10.2. The number of nitrogens with one attached hydrogen (secondary N) is 4. The zero-order chi connectivity index (χ0) is 16.4. The Labute approximate surface area is 144 Å². The van der Waals surface area contributed by atoms with Gasteiger partial charge in [0, 0.05) is 16.7 Å². The number of hydrogen-bond acceptors (Lipinski definition) is 4. The molecule has 1 aliphatic rings. The quantitative estimate of drug-likeness (QED) is 0.537. The Balaban J connectivity index is 1.40. The van der Waals surface area contributed by atoms with Crippen LogP contribution < -0.4 is 20.5 Å². The summed E-state index contributed by atoms with van der Waals surface area (Å²) in [5, 5.41) is 7.09. The normalized spacial score (nSPS) is 17.4. The fraction of sp³-hybridized carbons (Fsp3) is 0.176. The van der Waals surface area contributed by atoms with Gasteiger partial charge < -0.3 is 4.42 Å². The van der Waals surface area contributed by atoms with Gasteiger partial charge in [-0.3, -0.25) is 4.90 Å². The minimum absolute atomic E-state index is 0.439. The first-order valence-electron chi connectivity index (χ1n) is 7.81. The summed E-state index contributed by atoms with van der Waals surface area (Å²) in [5.74, 6) is 0.796. The third kappa shape index (κ3) is 3.34. The number of anilines is 1. The highest BCUT2D eigenvalue weighted by Gasteiger charge is 2.22. The van der Waals surface area contributed by atoms with Crippen LogP contribution in [0.3, 0.4) is 0 Å². The van der Waals surface area contributed by atoms with Crippen molar-refractivity contribution < 1.29 is 14.3 Å². The Morgan fingerprint density at radius 2 is 2.12 bits per heavy atom. The van der Waals surface area contributed by atoms with Crippen molar-refractivity contribution in [2.24, 2.45) is 0 Å². The van der Waals surface area contributed by atoms with Gasteiger partial charge in [0.25, 0.3) is 0 Å². The van der Waals surface area contributed by atoms with Crippen molar-refractivity contribution in [3.05, 3.63) is 59.1 Å². The molecule has 2 heterocycles. The van der Waals surface area contributed by atoms with Crippen LogP contribution in [0.1, 0.15) is 5.56 Å². The number of fused-ring (bicyclic) bond motifs is 1. The summed E-state index contributed by atoms with van der Waals surface area (Å²) in [6.45, 7) is 2.60. The second kappa shape index (κ2) is 6.51. The number of halogens is 1. The molecular weight excluding hydrogens is 326 g/mol. The Hall–Kier alpha value is -2.57. The first kappa shape index (κ1) is 15.0. The molecule has 4 rings (SSSR count). The molecule has 0 saturated carbocycles. The minimum Gasteiger partial charge on any atom is -0.412 e. The summed E-state index contributed by atoms with van der Waals surface area (Å²) in [6, 6.07) is 16.3. The van der Waals surface area contributed by atoms with E-state index in [1.165, 1.54) is 10.5 Å². The van der Waals surface area contributed by atoms with E-state index in [0.717, 1.165) is 31.4 Å². The highest BCUT2D eigenvalue weighted by Crippen LogP contribution is 2.22. The van der Waals surface area contributed by atoms with Gasteiger partial charge in [-0.2, -0.15) is 10.3 Å². The number of hydrogen-bond donors (Lipinski definition) is 4. The van der Waals surface area contributed by atoms with E-state index in [2.05, 4.69) is 44.9 Å². The lowest BCUT2D eigenvalue weighted by molar-refractivity contribution is -0.991. The molecule has 6 nitrogen and oxygen atoms in total. The van der Waals surface area contributed by atoms with Crippen molar-refractivity contribution in [3.63, 3.8) is 0 Å².